The monoisotopic (exact) mass is 654 g/mol. The van der Waals surface area contributed by atoms with E-state index >= 15 is 0 Å². The van der Waals surface area contributed by atoms with Crippen LogP contribution in [0.4, 0.5) is 0 Å². The predicted molar refractivity (Wildman–Crippen MR) is 173 cm³/mol. The fourth-order valence-electron chi connectivity index (χ4n) is 5.21. The first-order chi connectivity index (χ1) is 22.1. The molecule has 12 nitrogen and oxygen atoms in total. The smallest absolute Gasteiger partial charge is 0.345 e. The molecule has 1 heterocycles. The van der Waals surface area contributed by atoms with Gasteiger partial charge >= 0.3 is 5.97 Å². The van der Waals surface area contributed by atoms with E-state index in [9.17, 15) is 22.6 Å². The summed E-state index contributed by atoms with van der Waals surface area (Å²) in [6.07, 6.45) is 0.174. The molecule has 4 N–H and O–H groups in total. The second kappa shape index (κ2) is 16.5. The predicted octanol–water partition coefficient (Wildman–Crippen LogP) is 2.95. The molecule has 13 heteroatoms. The Morgan fingerprint density at radius 1 is 0.935 bits per heavy atom. The van der Waals surface area contributed by atoms with Gasteiger partial charge in [0.15, 0.2) is 6.54 Å². The summed E-state index contributed by atoms with van der Waals surface area (Å²) in [6, 6.07) is 17.9. The van der Waals surface area contributed by atoms with Crippen LogP contribution in [0.5, 0.6) is 5.75 Å². The van der Waals surface area contributed by atoms with Crippen molar-refractivity contribution >= 4 is 43.8 Å². The number of benzene rings is 3. The highest BCUT2D eigenvalue weighted by molar-refractivity contribution is 7.85. The molecule has 246 valence electrons. The van der Waals surface area contributed by atoms with Crippen molar-refractivity contribution in [1.29, 1.82) is 0 Å². The standard InChI is InChI=1S/C33H39N3O9S/c1-23-20-24(32(37)35-13-16-43-15-12-34)21-25(22-44-18-17-42-2)31(23)45-33(38)30-26-8-3-5-10-28(26)36(14-7-19-46(39,40)41)29-11-6-4-9-27(29)30/h3-6,8-11,20-21H,7,12-19,22,34H2,1-2H3,(H-,35,37,39,40,41)/p+1. The number of hydrogen-bond acceptors (Lipinski definition) is 9. The average molecular weight is 655 g/mol. The highest BCUT2D eigenvalue weighted by atomic mass is 32.2. The third-order valence-electron chi connectivity index (χ3n) is 7.21. The molecule has 0 fully saturated rings. The summed E-state index contributed by atoms with van der Waals surface area (Å²) >= 11 is 0. The number of fused-ring (bicyclic) bond motifs is 2. The summed E-state index contributed by atoms with van der Waals surface area (Å²) in [4.78, 5) is 27.1. The minimum atomic E-state index is -4.13. The van der Waals surface area contributed by atoms with E-state index in [1.807, 2.05) is 53.1 Å². The number of para-hydroxylation sites is 2. The van der Waals surface area contributed by atoms with Crippen molar-refractivity contribution in [3.63, 3.8) is 0 Å². The van der Waals surface area contributed by atoms with Crippen LogP contribution >= 0.6 is 0 Å². The Balaban J connectivity index is 1.71. The molecule has 4 aromatic rings. The molecule has 0 spiro atoms. The molecular formula is C33H40N3O9S+. The molecular weight excluding hydrogens is 614 g/mol. The van der Waals surface area contributed by atoms with E-state index in [-0.39, 0.29) is 24.7 Å². The Hall–Kier alpha value is -3.98. The Kier molecular flexibility index (Phi) is 12.5. The third kappa shape index (κ3) is 9.06. The number of rotatable bonds is 17. The molecule has 0 atom stereocenters. The molecule has 0 saturated carbocycles. The van der Waals surface area contributed by atoms with Crippen LogP contribution in [0, 0.1) is 6.92 Å². The van der Waals surface area contributed by atoms with Crippen molar-refractivity contribution in [2.45, 2.75) is 26.5 Å². The van der Waals surface area contributed by atoms with Gasteiger partial charge in [0.25, 0.3) is 16.0 Å². The van der Waals surface area contributed by atoms with Crippen molar-refractivity contribution in [2.24, 2.45) is 5.73 Å². The fraction of sp³-hybridized carbons (Fsp3) is 0.364. The molecule has 1 aromatic heterocycles. The fourth-order valence-corrected chi connectivity index (χ4v) is 5.70. The zero-order valence-electron chi connectivity index (χ0n) is 26.0. The molecule has 1 amide bonds. The van der Waals surface area contributed by atoms with E-state index in [0.29, 0.717) is 90.1 Å². The quantitative estimate of drug-likeness (QED) is 0.0385. The zero-order chi connectivity index (χ0) is 33.1. The lowest BCUT2D eigenvalue weighted by atomic mass is 10.0. The number of aryl methyl sites for hydroxylation is 2. The molecule has 3 aromatic carbocycles. The van der Waals surface area contributed by atoms with Crippen LogP contribution in [0.15, 0.2) is 60.7 Å². The second-order valence-corrected chi connectivity index (χ2v) is 12.1. The number of hydrogen-bond donors (Lipinski definition) is 3. The number of methoxy groups -OCH3 is 1. The molecule has 46 heavy (non-hydrogen) atoms. The van der Waals surface area contributed by atoms with Crippen LogP contribution in [0.2, 0.25) is 0 Å². The highest BCUT2D eigenvalue weighted by Gasteiger charge is 2.27. The van der Waals surface area contributed by atoms with Crippen molar-refractivity contribution < 1.29 is 46.1 Å². The number of pyridine rings is 1. The van der Waals surface area contributed by atoms with E-state index < -0.39 is 21.8 Å². The number of ether oxygens (including phenoxy) is 4. The van der Waals surface area contributed by atoms with Crippen LogP contribution in [0.25, 0.3) is 21.8 Å². The minimum Gasteiger partial charge on any atom is -0.422 e. The van der Waals surface area contributed by atoms with Gasteiger partial charge in [-0.1, -0.05) is 24.3 Å². The van der Waals surface area contributed by atoms with Gasteiger partial charge in [-0.25, -0.2) is 4.79 Å². The topological polar surface area (TPSA) is 167 Å². The van der Waals surface area contributed by atoms with Gasteiger partial charge in [0.2, 0.25) is 11.0 Å². The number of nitrogens with zero attached hydrogens (tertiary/aromatic N) is 1. The van der Waals surface area contributed by atoms with Crippen molar-refractivity contribution in [1.82, 2.24) is 5.32 Å². The van der Waals surface area contributed by atoms with Crippen LogP contribution in [0.3, 0.4) is 0 Å². The molecule has 0 aliphatic rings. The molecule has 0 radical (unpaired) electrons. The number of carbonyl (C=O) groups is 2. The van der Waals surface area contributed by atoms with E-state index in [1.165, 1.54) is 0 Å². The Morgan fingerprint density at radius 2 is 1.61 bits per heavy atom. The first kappa shape index (κ1) is 34.9. The Morgan fingerprint density at radius 3 is 2.24 bits per heavy atom. The van der Waals surface area contributed by atoms with Gasteiger partial charge < -0.3 is 30.0 Å². The molecule has 0 bridgehead atoms. The first-order valence-corrected chi connectivity index (χ1v) is 16.5. The Bertz CT molecular complexity index is 1740. The second-order valence-electron chi connectivity index (χ2n) is 10.6. The van der Waals surface area contributed by atoms with E-state index in [2.05, 4.69) is 5.32 Å². The van der Waals surface area contributed by atoms with E-state index in [0.717, 1.165) is 0 Å². The number of esters is 1. The van der Waals surface area contributed by atoms with Gasteiger partial charge in [-0.05, 0) is 36.8 Å². The van der Waals surface area contributed by atoms with Gasteiger partial charge in [0, 0.05) is 49.9 Å². The maximum absolute atomic E-state index is 14.1. The SMILES string of the molecule is COCCOCc1cc(C(=O)NCCOCCN)cc(C)c1OC(=O)c1c2ccccc2[n+](CCCS(=O)(=O)O)c2ccccc12. The van der Waals surface area contributed by atoms with Gasteiger partial charge in [-0.3, -0.25) is 9.35 Å². The average Bonchev–Trinajstić information content (AvgIpc) is 3.03. The van der Waals surface area contributed by atoms with Crippen molar-refractivity contribution in [2.75, 3.05) is 52.4 Å². The van der Waals surface area contributed by atoms with Crippen LogP contribution in [-0.4, -0.2) is 77.2 Å². The highest BCUT2D eigenvalue weighted by Crippen LogP contribution is 2.31. The van der Waals surface area contributed by atoms with E-state index in [4.69, 9.17) is 24.7 Å². The van der Waals surface area contributed by atoms with Gasteiger partial charge in [0.05, 0.1) is 55.1 Å². The summed E-state index contributed by atoms with van der Waals surface area (Å²) < 4.78 is 56.3. The summed E-state index contributed by atoms with van der Waals surface area (Å²) in [7, 11) is -2.57. The molecule has 0 unspecified atom stereocenters. The summed E-state index contributed by atoms with van der Waals surface area (Å²) in [5, 5.41) is 4.05. The lowest BCUT2D eigenvalue weighted by Gasteiger charge is -2.17. The van der Waals surface area contributed by atoms with Crippen molar-refractivity contribution in [3.05, 3.63) is 82.9 Å². The molecule has 4 rings (SSSR count). The van der Waals surface area contributed by atoms with E-state index in [1.54, 1.807) is 26.2 Å². The van der Waals surface area contributed by atoms with Gasteiger partial charge in [-0.15, -0.1) is 0 Å². The van der Waals surface area contributed by atoms with Gasteiger partial charge in [0.1, 0.15) is 5.75 Å². The lowest BCUT2D eigenvalue weighted by Crippen LogP contribution is -2.37. The van der Waals surface area contributed by atoms with Gasteiger partial charge in [-0.2, -0.15) is 13.0 Å². The maximum Gasteiger partial charge on any atom is 0.345 e. The molecule has 0 saturated heterocycles. The summed E-state index contributed by atoms with van der Waals surface area (Å²) in [5.41, 5.74) is 8.63. The van der Waals surface area contributed by atoms with Crippen LogP contribution in [0.1, 0.15) is 38.3 Å². The minimum absolute atomic E-state index is 0.0671. The number of nitrogens with one attached hydrogen (secondary N) is 1. The molecule has 0 aliphatic heterocycles. The Labute approximate surface area is 268 Å². The summed E-state index contributed by atoms with van der Waals surface area (Å²) in [6.45, 7) is 4.20. The molecule has 0 aliphatic carbocycles. The first-order valence-electron chi connectivity index (χ1n) is 14.9. The number of nitrogens with two attached hydrogens (primary N) is 1. The lowest BCUT2D eigenvalue weighted by molar-refractivity contribution is -0.645. The zero-order valence-corrected chi connectivity index (χ0v) is 26.8. The van der Waals surface area contributed by atoms with Crippen LogP contribution < -0.4 is 20.4 Å². The normalized spacial score (nSPS) is 11.7. The largest absolute Gasteiger partial charge is 0.422 e. The number of aromatic nitrogens is 1. The summed E-state index contributed by atoms with van der Waals surface area (Å²) in [5.74, 6) is -1.03. The number of amides is 1. The number of carbonyl (C=O) groups excluding carboxylic acids is 2. The van der Waals surface area contributed by atoms with Crippen LogP contribution in [-0.2, 0) is 37.5 Å². The van der Waals surface area contributed by atoms with Crippen molar-refractivity contribution in [3.8, 4) is 5.75 Å². The maximum atomic E-state index is 14.1. The third-order valence-corrected chi connectivity index (χ3v) is 8.01.